The highest BCUT2D eigenvalue weighted by atomic mass is 32.2. The Hall–Kier alpha value is -0.910. The van der Waals surface area contributed by atoms with Gasteiger partial charge in [-0.05, 0) is 50.3 Å². The summed E-state index contributed by atoms with van der Waals surface area (Å²) in [6.45, 7) is 4.32. The van der Waals surface area contributed by atoms with E-state index in [-0.39, 0.29) is 12.6 Å². The van der Waals surface area contributed by atoms with E-state index in [9.17, 15) is 8.42 Å². The fourth-order valence-corrected chi connectivity index (χ4v) is 4.87. The molecule has 0 saturated carbocycles. The van der Waals surface area contributed by atoms with Crippen LogP contribution >= 0.6 is 0 Å². The molecule has 0 aromatic heterocycles. The minimum Gasteiger partial charge on any atom is -0.396 e. The highest BCUT2D eigenvalue weighted by Gasteiger charge is 2.33. The number of rotatable bonds is 4. The zero-order valence-electron chi connectivity index (χ0n) is 12.2. The van der Waals surface area contributed by atoms with Crippen LogP contribution in [0.5, 0.6) is 0 Å². The zero-order valence-corrected chi connectivity index (χ0v) is 13.0. The maximum atomic E-state index is 12.9. The van der Waals surface area contributed by atoms with Crippen molar-refractivity contribution in [1.82, 2.24) is 4.31 Å². The standard InChI is InChI=1S/C15H23NO3S/c1-12-6-7-13(2)15(11-12)20(18,19)16-9-4-3-5-14(16)8-10-17/h6-7,11,14,17H,3-5,8-10H2,1-2H3. The average Bonchev–Trinajstić information content (AvgIpc) is 2.42. The molecule has 1 aromatic rings. The van der Waals surface area contributed by atoms with E-state index in [1.807, 2.05) is 26.0 Å². The van der Waals surface area contributed by atoms with Gasteiger partial charge in [0.2, 0.25) is 10.0 Å². The molecule has 0 spiro atoms. The second-order valence-corrected chi connectivity index (χ2v) is 7.41. The highest BCUT2D eigenvalue weighted by Crippen LogP contribution is 2.28. The molecule has 5 heteroatoms. The normalized spacial score (nSPS) is 21.1. The Labute approximate surface area is 121 Å². The number of hydrogen-bond acceptors (Lipinski definition) is 3. The second-order valence-electron chi connectivity index (χ2n) is 5.55. The molecule has 4 nitrogen and oxygen atoms in total. The van der Waals surface area contributed by atoms with Gasteiger partial charge in [0.15, 0.2) is 0 Å². The van der Waals surface area contributed by atoms with Crippen LogP contribution in [-0.2, 0) is 10.0 Å². The molecule has 0 bridgehead atoms. The first-order chi connectivity index (χ1) is 9.46. The summed E-state index contributed by atoms with van der Waals surface area (Å²) in [6.07, 6.45) is 3.28. The van der Waals surface area contributed by atoms with E-state index in [0.717, 1.165) is 30.4 Å². The van der Waals surface area contributed by atoms with Crippen LogP contribution in [0.1, 0.15) is 36.8 Å². The fourth-order valence-electron chi connectivity index (χ4n) is 2.84. The molecule has 20 heavy (non-hydrogen) atoms. The molecule has 1 saturated heterocycles. The molecule has 0 aliphatic carbocycles. The lowest BCUT2D eigenvalue weighted by atomic mass is 10.0. The van der Waals surface area contributed by atoms with Crippen LogP contribution in [-0.4, -0.2) is 37.0 Å². The maximum absolute atomic E-state index is 12.9. The molecule has 1 unspecified atom stereocenters. The van der Waals surface area contributed by atoms with Gasteiger partial charge in [-0.3, -0.25) is 0 Å². The van der Waals surface area contributed by atoms with Crippen molar-refractivity contribution in [2.45, 2.75) is 50.5 Å². The van der Waals surface area contributed by atoms with Crippen molar-refractivity contribution in [2.24, 2.45) is 0 Å². The summed E-state index contributed by atoms with van der Waals surface area (Å²) in [5, 5.41) is 9.15. The van der Waals surface area contributed by atoms with Gasteiger partial charge < -0.3 is 5.11 Å². The first-order valence-corrected chi connectivity index (χ1v) is 8.61. The summed E-state index contributed by atoms with van der Waals surface area (Å²) in [5.41, 5.74) is 1.73. The van der Waals surface area contributed by atoms with Gasteiger partial charge in [0.1, 0.15) is 0 Å². The van der Waals surface area contributed by atoms with Crippen LogP contribution in [0.4, 0.5) is 0 Å². The third-order valence-electron chi connectivity index (χ3n) is 3.97. The van der Waals surface area contributed by atoms with E-state index in [1.54, 1.807) is 10.4 Å². The Kier molecular flexibility index (Phi) is 4.83. The number of aryl methyl sites for hydroxylation is 2. The van der Waals surface area contributed by atoms with Crippen molar-refractivity contribution in [1.29, 1.82) is 0 Å². The molecule has 1 aliphatic rings. The highest BCUT2D eigenvalue weighted by molar-refractivity contribution is 7.89. The molecule has 0 amide bonds. The molecule has 1 N–H and O–H groups in total. The van der Waals surface area contributed by atoms with Crippen molar-refractivity contribution in [2.75, 3.05) is 13.2 Å². The molecule has 1 fully saturated rings. The van der Waals surface area contributed by atoms with E-state index < -0.39 is 10.0 Å². The smallest absolute Gasteiger partial charge is 0.243 e. The zero-order chi connectivity index (χ0) is 14.8. The van der Waals surface area contributed by atoms with Crippen molar-refractivity contribution in [3.63, 3.8) is 0 Å². The van der Waals surface area contributed by atoms with Gasteiger partial charge >= 0.3 is 0 Å². The number of aliphatic hydroxyl groups excluding tert-OH is 1. The van der Waals surface area contributed by atoms with E-state index in [2.05, 4.69) is 0 Å². The quantitative estimate of drug-likeness (QED) is 0.927. The number of aliphatic hydroxyl groups is 1. The third kappa shape index (κ3) is 3.05. The molecule has 1 heterocycles. The molecule has 1 aromatic carbocycles. The van der Waals surface area contributed by atoms with Gasteiger partial charge in [-0.25, -0.2) is 8.42 Å². The summed E-state index contributed by atoms with van der Waals surface area (Å²) in [4.78, 5) is 0.405. The Morgan fingerprint density at radius 1 is 1.30 bits per heavy atom. The molecular weight excluding hydrogens is 274 g/mol. The van der Waals surface area contributed by atoms with E-state index >= 15 is 0 Å². The Bertz CT molecular complexity index is 566. The fraction of sp³-hybridized carbons (Fsp3) is 0.600. The first kappa shape index (κ1) is 15.5. The summed E-state index contributed by atoms with van der Waals surface area (Å²) < 4.78 is 27.4. The predicted octanol–water partition coefficient (Wildman–Crippen LogP) is 2.23. The van der Waals surface area contributed by atoms with E-state index in [0.29, 0.717) is 17.9 Å². The summed E-state index contributed by atoms with van der Waals surface area (Å²) >= 11 is 0. The maximum Gasteiger partial charge on any atom is 0.243 e. The van der Waals surface area contributed by atoms with Crippen LogP contribution in [0.15, 0.2) is 23.1 Å². The van der Waals surface area contributed by atoms with Crippen molar-refractivity contribution >= 4 is 10.0 Å². The van der Waals surface area contributed by atoms with Gasteiger partial charge in [0.25, 0.3) is 0 Å². The Balaban J connectivity index is 2.39. The lowest BCUT2D eigenvalue weighted by molar-refractivity contribution is 0.192. The van der Waals surface area contributed by atoms with Gasteiger partial charge in [-0.1, -0.05) is 18.6 Å². The van der Waals surface area contributed by atoms with Gasteiger partial charge in [0.05, 0.1) is 4.90 Å². The number of hydrogen-bond donors (Lipinski definition) is 1. The topological polar surface area (TPSA) is 57.6 Å². The van der Waals surface area contributed by atoms with Gasteiger partial charge in [-0.15, -0.1) is 0 Å². The van der Waals surface area contributed by atoms with Crippen LogP contribution in [0.25, 0.3) is 0 Å². The first-order valence-electron chi connectivity index (χ1n) is 7.17. The minimum atomic E-state index is -3.46. The molecule has 112 valence electrons. The van der Waals surface area contributed by atoms with E-state index in [1.165, 1.54) is 0 Å². The van der Waals surface area contributed by atoms with Crippen LogP contribution in [0.2, 0.25) is 0 Å². The van der Waals surface area contributed by atoms with Crippen molar-refractivity contribution in [3.05, 3.63) is 29.3 Å². The van der Waals surface area contributed by atoms with Crippen LogP contribution < -0.4 is 0 Å². The lowest BCUT2D eigenvalue weighted by Gasteiger charge is -2.34. The summed E-state index contributed by atoms with van der Waals surface area (Å²) in [7, 11) is -3.46. The number of benzene rings is 1. The van der Waals surface area contributed by atoms with Crippen LogP contribution in [0.3, 0.4) is 0 Å². The van der Waals surface area contributed by atoms with Gasteiger partial charge in [0, 0.05) is 19.2 Å². The third-order valence-corrected chi connectivity index (χ3v) is 6.06. The minimum absolute atomic E-state index is 0.0312. The molecule has 0 radical (unpaired) electrons. The lowest BCUT2D eigenvalue weighted by Crippen LogP contribution is -2.44. The van der Waals surface area contributed by atoms with Crippen LogP contribution in [0, 0.1) is 13.8 Å². The Morgan fingerprint density at radius 3 is 2.75 bits per heavy atom. The Morgan fingerprint density at radius 2 is 2.05 bits per heavy atom. The molecule has 1 atom stereocenters. The average molecular weight is 297 g/mol. The molecule has 2 rings (SSSR count). The van der Waals surface area contributed by atoms with Gasteiger partial charge in [-0.2, -0.15) is 4.31 Å². The number of sulfonamides is 1. The number of piperidine rings is 1. The second kappa shape index (κ2) is 6.24. The largest absolute Gasteiger partial charge is 0.396 e. The predicted molar refractivity (Wildman–Crippen MR) is 79.1 cm³/mol. The summed E-state index contributed by atoms with van der Waals surface area (Å²) in [6, 6.07) is 5.46. The SMILES string of the molecule is Cc1ccc(C)c(S(=O)(=O)N2CCCCC2CCO)c1. The van der Waals surface area contributed by atoms with Crippen molar-refractivity contribution < 1.29 is 13.5 Å². The molecule has 1 aliphatic heterocycles. The summed E-state index contributed by atoms with van der Waals surface area (Å²) in [5.74, 6) is 0. The van der Waals surface area contributed by atoms with E-state index in [4.69, 9.17) is 5.11 Å². The monoisotopic (exact) mass is 297 g/mol. The number of nitrogens with zero attached hydrogens (tertiary/aromatic N) is 1. The van der Waals surface area contributed by atoms with Crippen molar-refractivity contribution in [3.8, 4) is 0 Å². The molecular formula is C15H23NO3S.